The van der Waals surface area contributed by atoms with Crippen molar-refractivity contribution in [3.05, 3.63) is 46.3 Å². The molecule has 1 aliphatic rings. The van der Waals surface area contributed by atoms with E-state index in [9.17, 15) is 0 Å². The minimum Gasteiger partial charge on any atom is -0.330 e. The lowest BCUT2D eigenvalue weighted by atomic mass is 9.97. The van der Waals surface area contributed by atoms with Gasteiger partial charge in [0.25, 0.3) is 0 Å². The van der Waals surface area contributed by atoms with Gasteiger partial charge in [-0.15, -0.1) is 11.3 Å². The van der Waals surface area contributed by atoms with Gasteiger partial charge in [-0.3, -0.25) is 0 Å². The van der Waals surface area contributed by atoms with E-state index in [0.29, 0.717) is 12.5 Å². The zero-order valence-corrected chi connectivity index (χ0v) is 9.47. The van der Waals surface area contributed by atoms with Gasteiger partial charge in [0.05, 0.1) is 0 Å². The molecule has 1 unspecified atom stereocenters. The Balaban J connectivity index is 2.28. The third-order valence-electron chi connectivity index (χ3n) is 3.13. The van der Waals surface area contributed by atoms with Gasteiger partial charge in [-0.25, -0.2) is 0 Å². The molecule has 1 atom stereocenters. The molecule has 1 aromatic carbocycles. The van der Waals surface area contributed by atoms with Crippen LogP contribution in [-0.2, 0) is 0 Å². The molecule has 3 rings (SSSR count). The summed E-state index contributed by atoms with van der Waals surface area (Å²) in [5, 5.41) is 2.16. The van der Waals surface area contributed by atoms with Crippen LogP contribution >= 0.6 is 11.3 Å². The van der Waals surface area contributed by atoms with E-state index in [1.54, 1.807) is 0 Å². The van der Waals surface area contributed by atoms with Gasteiger partial charge in [-0.1, -0.05) is 23.8 Å². The molecule has 0 amide bonds. The lowest BCUT2D eigenvalue weighted by Crippen LogP contribution is -2.10. The summed E-state index contributed by atoms with van der Waals surface area (Å²) in [6.07, 6.45) is 0. The van der Waals surface area contributed by atoms with Crippen molar-refractivity contribution in [2.24, 2.45) is 5.73 Å². The lowest BCUT2D eigenvalue weighted by Gasteiger charge is -2.09. The summed E-state index contributed by atoms with van der Waals surface area (Å²) in [5.41, 5.74) is 11.4. The largest absolute Gasteiger partial charge is 0.330 e. The van der Waals surface area contributed by atoms with Gasteiger partial charge in [-0.05, 0) is 35.1 Å². The molecule has 0 spiro atoms. The van der Waals surface area contributed by atoms with Gasteiger partial charge in [0.1, 0.15) is 0 Å². The highest BCUT2D eigenvalue weighted by molar-refractivity contribution is 7.13. The van der Waals surface area contributed by atoms with E-state index < -0.39 is 0 Å². The zero-order valence-electron chi connectivity index (χ0n) is 8.66. The average molecular weight is 215 g/mol. The fourth-order valence-electron chi connectivity index (χ4n) is 2.41. The van der Waals surface area contributed by atoms with Crippen LogP contribution in [0.1, 0.15) is 22.6 Å². The van der Waals surface area contributed by atoms with Crippen molar-refractivity contribution in [3.8, 4) is 10.4 Å². The highest BCUT2D eigenvalue weighted by Gasteiger charge is 2.28. The van der Waals surface area contributed by atoms with Crippen molar-refractivity contribution < 1.29 is 0 Å². The fraction of sp³-hybridized carbons (Fsp3) is 0.231. The van der Waals surface area contributed by atoms with Crippen LogP contribution in [-0.4, -0.2) is 6.54 Å². The molecule has 0 radical (unpaired) electrons. The van der Waals surface area contributed by atoms with Crippen molar-refractivity contribution in [3.63, 3.8) is 0 Å². The van der Waals surface area contributed by atoms with E-state index in [1.807, 2.05) is 11.3 Å². The Morgan fingerprint density at radius 1 is 1.27 bits per heavy atom. The molecule has 2 aromatic rings. The number of benzene rings is 1. The van der Waals surface area contributed by atoms with Crippen molar-refractivity contribution in [2.75, 3.05) is 6.54 Å². The van der Waals surface area contributed by atoms with Crippen LogP contribution in [0.3, 0.4) is 0 Å². The molecule has 1 aliphatic carbocycles. The zero-order chi connectivity index (χ0) is 10.4. The van der Waals surface area contributed by atoms with Crippen molar-refractivity contribution in [1.82, 2.24) is 0 Å². The molecule has 1 nitrogen and oxygen atoms in total. The van der Waals surface area contributed by atoms with Crippen molar-refractivity contribution in [2.45, 2.75) is 12.8 Å². The summed E-state index contributed by atoms with van der Waals surface area (Å²) in [5.74, 6) is 0.418. The highest BCUT2D eigenvalue weighted by Crippen LogP contribution is 2.47. The number of thiophene rings is 1. The van der Waals surface area contributed by atoms with E-state index in [1.165, 1.54) is 27.1 Å². The third-order valence-corrected chi connectivity index (χ3v) is 4.10. The first-order valence-electron chi connectivity index (χ1n) is 5.19. The molecule has 0 fully saturated rings. The maximum Gasteiger partial charge on any atom is 0.0384 e. The molecule has 1 aromatic heterocycles. The lowest BCUT2D eigenvalue weighted by molar-refractivity contribution is 0.842. The first-order valence-corrected chi connectivity index (χ1v) is 6.07. The topological polar surface area (TPSA) is 26.0 Å². The van der Waals surface area contributed by atoms with E-state index in [0.717, 1.165) is 0 Å². The first kappa shape index (κ1) is 9.13. The average Bonchev–Trinajstić information content (AvgIpc) is 2.76. The number of nitrogens with two attached hydrogens (primary N) is 1. The summed E-state index contributed by atoms with van der Waals surface area (Å²) < 4.78 is 0. The van der Waals surface area contributed by atoms with Gasteiger partial charge in [0, 0.05) is 17.3 Å². The molecular formula is C13H13NS. The molecule has 0 saturated carbocycles. The monoisotopic (exact) mass is 215 g/mol. The minimum atomic E-state index is 0.418. The molecule has 2 N–H and O–H groups in total. The molecule has 15 heavy (non-hydrogen) atoms. The predicted molar refractivity (Wildman–Crippen MR) is 65.4 cm³/mol. The third kappa shape index (κ3) is 1.18. The Hall–Kier alpha value is -1.12. The Bertz CT molecular complexity index is 513. The number of rotatable bonds is 1. The number of hydrogen-bond donors (Lipinski definition) is 1. The van der Waals surface area contributed by atoms with Gasteiger partial charge in [-0.2, -0.15) is 0 Å². The maximum absolute atomic E-state index is 5.88. The van der Waals surface area contributed by atoms with Gasteiger partial charge in [0.2, 0.25) is 0 Å². The second kappa shape index (κ2) is 3.19. The molecule has 1 heterocycles. The SMILES string of the molecule is Cc1ccc2c(c1)C(CN)c1ccsc1-2. The van der Waals surface area contributed by atoms with Crippen LogP contribution < -0.4 is 5.73 Å². The standard InChI is InChI=1S/C13H13NS/c1-8-2-3-9-11(6-8)12(7-14)10-4-5-15-13(9)10/h2-6,12H,7,14H2,1H3. The number of hydrogen-bond acceptors (Lipinski definition) is 2. The Kier molecular flexibility index (Phi) is 1.94. The van der Waals surface area contributed by atoms with Crippen LogP contribution in [0.2, 0.25) is 0 Å². The molecular weight excluding hydrogens is 202 g/mol. The molecule has 76 valence electrons. The van der Waals surface area contributed by atoms with E-state index >= 15 is 0 Å². The second-order valence-electron chi connectivity index (χ2n) is 4.08. The fourth-order valence-corrected chi connectivity index (χ4v) is 3.42. The number of aryl methyl sites for hydroxylation is 1. The quantitative estimate of drug-likeness (QED) is 0.777. The van der Waals surface area contributed by atoms with E-state index in [-0.39, 0.29) is 0 Å². The Morgan fingerprint density at radius 2 is 2.13 bits per heavy atom. The van der Waals surface area contributed by atoms with Crippen LogP contribution in [0.25, 0.3) is 10.4 Å². The van der Waals surface area contributed by atoms with Gasteiger partial charge < -0.3 is 5.73 Å². The second-order valence-corrected chi connectivity index (χ2v) is 5.00. The normalized spacial score (nSPS) is 17.6. The van der Waals surface area contributed by atoms with Crippen LogP contribution in [0.5, 0.6) is 0 Å². The highest BCUT2D eigenvalue weighted by atomic mass is 32.1. The summed E-state index contributed by atoms with van der Waals surface area (Å²) in [4.78, 5) is 1.42. The first-order chi connectivity index (χ1) is 7.31. The Labute approximate surface area is 93.6 Å². The van der Waals surface area contributed by atoms with Gasteiger partial charge >= 0.3 is 0 Å². The van der Waals surface area contributed by atoms with E-state index in [2.05, 4.69) is 36.6 Å². The van der Waals surface area contributed by atoms with E-state index in [4.69, 9.17) is 5.73 Å². The minimum absolute atomic E-state index is 0.418. The van der Waals surface area contributed by atoms with Crippen molar-refractivity contribution in [1.29, 1.82) is 0 Å². The van der Waals surface area contributed by atoms with Crippen LogP contribution in [0.15, 0.2) is 29.6 Å². The molecule has 0 aliphatic heterocycles. The Morgan fingerprint density at radius 3 is 2.93 bits per heavy atom. The molecule has 0 saturated heterocycles. The number of fused-ring (bicyclic) bond motifs is 3. The summed E-state index contributed by atoms with van der Waals surface area (Å²) in [6.45, 7) is 2.85. The molecule has 2 heteroatoms. The summed E-state index contributed by atoms with van der Waals surface area (Å²) in [7, 11) is 0. The van der Waals surface area contributed by atoms with Crippen LogP contribution in [0, 0.1) is 6.92 Å². The predicted octanol–water partition coefficient (Wildman–Crippen LogP) is 3.13. The maximum atomic E-state index is 5.88. The summed E-state index contributed by atoms with van der Waals surface area (Å²) >= 11 is 1.82. The van der Waals surface area contributed by atoms with Crippen molar-refractivity contribution >= 4 is 11.3 Å². The smallest absolute Gasteiger partial charge is 0.0384 e. The summed E-state index contributed by atoms with van der Waals surface area (Å²) in [6, 6.07) is 8.91. The van der Waals surface area contributed by atoms with Gasteiger partial charge in [0.15, 0.2) is 0 Å². The van der Waals surface area contributed by atoms with Crippen LogP contribution in [0.4, 0.5) is 0 Å². The molecule has 0 bridgehead atoms.